The largest absolute Gasteiger partial charge is 0.748 e. The first-order chi connectivity index (χ1) is 32.4. The lowest BCUT2D eigenvalue weighted by Crippen LogP contribution is -2.52. The quantitative estimate of drug-likeness (QED) is 0.0179. The molecule has 0 heterocycles. The van der Waals surface area contributed by atoms with Crippen LogP contribution in [0.2, 0.25) is 6.04 Å². The molecule has 0 aromatic carbocycles. The molecular weight excluding hydrogens is 985 g/mol. The van der Waals surface area contributed by atoms with Gasteiger partial charge in [-0.05, 0) is 12.8 Å². The monoisotopic (exact) mass is 1080 g/mol. The van der Waals surface area contributed by atoms with Crippen LogP contribution in [0.15, 0.2) is 0 Å². The third-order valence-corrected chi connectivity index (χ3v) is 17.0. The minimum Gasteiger partial charge on any atom is -0.748 e. The molecule has 22 nitrogen and oxygen atoms in total. The van der Waals surface area contributed by atoms with Crippen LogP contribution in [0.4, 0.5) is 0 Å². The van der Waals surface area contributed by atoms with E-state index in [0.29, 0.717) is 17.4 Å². The minimum absolute atomic E-state index is 0.00662. The predicted molar refractivity (Wildman–Crippen MR) is 266 cm³/mol. The van der Waals surface area contributed by atoms with E-state index in [1.165, 1.54) is 98.2 Å². The van der Waals surface area contributed by atoms with Gasteiger partial charge in [0.15, 0.2) is 0 Å². The fourth-order valence-corrected chi connectivity index (χ4v) is 12.4. The molecule has 3 unspecified atom stereocenters. The summed E-state index contributed by atoms with van der Waals surface area (Å²) in [7, 11) is -13.4. The Morgan fingerprint density at radius 1 is 0.493 bits per heavy atom. The third kappa shape index (κ3) is 42.5. The van der Waals surface area contributed by atoms with E-state index in [0.717, 1.165) is 19.4 Å². The van der Waals surface area contributed by atoms with E-state index >= 15 is 0 Å². The van der Waals surface area contributed by atoms with Crippen molar-refractivity contribution in [1.29, 1.82) is 0 Å². The second kappa shape index (κ2) is 38.9. The molecule has 3 atom stereocenters. The lowest BCUT2D eigenvalue weighted by Gasteiger charge is -2.35. The Bertz CT molecular complexity index is 1450. The van der Waals surface area contributed by atoms with Crippen LogP contribution in [-0.2, 0) is 43.6 Å². The highest BCUT2D eigenvalue weighted by Crippen LogP contribution is 2.21. The first kappa shape index (κ1) is 68.4. The highest BCUT2D eigenvalue weighted by atomic mass is 32.2. The van der Waals surface area contributed by atoms with Gasteiger partial charge in [-0.2, -0.15) is 16.8 Å². The highest BCUT2D eigenvalue weighted by molar-refractivity contribution is 7.86. The van der Waals surface area contributed by atoms with E-state index in [9.17, 15) is 69.6 Å². The lowest BCUT2D eigenvalue weighted by atomic mass is 10.0. The summed E-state index contributed by atoms with van der Waals surface area (Å²) in [6.07, 6.45) is 15.0. The number of aliphatic hydroxyl groups excluding tert-OH is 6. The molecule has 26 heteroatoms. The van der Waals surface area contributed by atoms with Crippen molar-refractivity contribution in [3.05, 3.63) is 0 Å². The third-order valence-electron chi connectivity index (χ3n) is 11.7. The van der Waals surface area contributed by atoms with Crippen LogP contribution >= 0.6 is 0 Å². The SMILES string of the molecule is CCCCCCCCCCCCCCCCC[N+](C)(C)CCC[Si](OCCN(CCO)CC(O)CS(=O)(=O)[O-])(OCCN(CCO)CC(O)CS(=O)(=O)O)OCCN(CCO)CC(O)CS(=O)(=O)O. The summed E-state index contributed by atoms with van der Waals surface area (Å²) in [6, 6.07) is 0.251. The minimum atomic E-state index is -4.76. The topological polar surface area (TPSA) is 325 Å². The average molecular weight is 1080 g/mol. The zero-order valence-corrected chi connectivity index (χ0v) is 45.5. The molecule has 8 N–H and O–H groups in total. The molecule has 0 fully saturated rings. The summed E-state index contributed by atoms with van der Waals surface area (Å²) < 4.78 is 118. The van der Waals surface area contributed by atoms with E-state index < -0.39 is 74.7 Å². The van der Waals surface area contributed by atoms with E-state index in [4.69, 9.17) is 13.3 Å². The van der Waals surface area contributed by atoms with Gasteiger partial charge in [-0.1, -0.05) is 90.4 Å². The second-order valence-corrected chi connectivity index (χ2v) is 26.1. The Morgan fingerprint density at radius 2 is 0.797 bits per heavy atom. The van der Waals surface area contributed by atoms with Gasteiger partial charge in [-0.25, -0.2) is 8.42 Å². The van der Waals surface area contributed by atoms with Gasteiger partial charge in [0.1, 0.15) is 11.5 Å². The van der Waals surface area contributed by atoms with Gasteiger partial charge in [0.2, 0.25) is 0 Å². The van der Waals surface area contributed by atoms with Crippen molar-refractivity contribution in [3.63, 3.8) is 0 Å². The molecule has 416 valence electrons. The normalized spacial score (nSPS) is 15.3. The summed E-state index contributed by atoms with van der Waals surface area (Å²) in [4.78, 5) is 4.56. The molecule has 0 aromatic heterocycles. The van der Waals surface area contributed by atoms with Crippen molar-refractivity contribution in [2.45, 2.75) is 134 Å². The van der Waals surface area contributed by atoms with Crippen LogP contribution in [-0.4, -0.2) is 259 Å². The summed E-state index contributed by atoms with van der Waals surface area (Å²) in [5.41, 5.74) is 0. The van der Waals surface area contributed by atoms with Gasteiger partial charge >= 0.3 is 8.80 Å². The fraction of sp³-hybridized carbons (Fsp3) is 1.00. The molecule has 0 aliphatic carbocycles. The number of hydrogen-bond acceptors (Lipinski definition) is 19. The Morgan fingerprint density at radius 3 is 1.10 bits per heavy atom. The Labute approximate surface area is 416 Å². The van der Waals surface area contributed by atoms with Crippen LogP contribution in [0.5, 0.6) is 0 Å². The van der Waals surface area contributed by atoms with E-state index in [1.54, 1.807) is 0 Å². The van der Waals surface area contributed by atoms with Crippen molar-refractivity contribution in [2.75, 3.05) is 143 Å². The smallest absolute Gasteiger partial charge is 0.501 e. The summed E-state index contributed by atoms with van der Waals surface area (Å²) in [5, 5.41) is 60.3. The number of hydrogen-bond donors (Lipinski definition) is 8. The van der Waals surface area contributed by atoms with Gasteiger partial charge in [0.05, 0.1) is 101 Å². The maximum absolute atomic E-state index is 11.4. The van der Waals surface area contributed by atoms with E-state index in [1.807, 2.05) is 0 Å². The number of rotatable bonds is 50. The number of nitrogens with zero attached hydrogens (tertiary/aromatic N) is 4. The maximum atomic E-state index is 11.4. The Kier molecular flexibility index (Phi) is 38.6. The molecule has 0 amide bonds. The Balaban J connectivity index is 6.14. The van der Waals surface area contributed by atoms with Gasteiger partial charge < -0.3 is 53.0 Å². The first-order valence-electron chi connectivity index (χ1n) is 25.0. The predicted octanol–water partition coefficient (Wildman–Crippen LogP) is 0.599. The zero-order valence-electron chi connectivity index (χ0n) is 42.1. The summed E-state index contributed by atoms with van der Waals surface area (Å²) in [6.45, 7) is 1.74. The van der Waals surface area contributed by atoms with Crippen LogP contribution < -0.4 is 0 Å². The highest BCUT2D eigenvalue weighted by Gasteiger charge is 2.42. The second-order valence-electron chi connectivity index (χ2n) is 18.9. The molecule has 0 aliphatic heterocycles. The van der Waals surface area contributed by atoms with Crippen LogP contribution in [0.3, 0.4) is 0 Å². The molecule has 0 spiro atoms. The first-order valence-corrected chi connectivity index (χ1v) is 31.7. The summed E-state index contributed by atoms with van der Waals surface area (Å²) in [5.74, 6) is -2.91. The molecule has 0 aromatic rings. The van der Waals surface area contributed by atoms with Crippen LogP contribution in [0.1, 0.15) is 110 Å². The lowest BCUT2D eigenvalue weighted by molar-refractivity contribution is -0.890. The van der Waals surface area contributed by atoms with Crippen molar-refractivity contribution >= 4 is 39.2 Å². The molecule has 0 bridgehead atoms. The standard InChI is InChI=1S/C43H94N4O18S3Si/c1-4-5-6-7-8-9-10-11-12-13-14-15-16-17-18-26-47(2,3)27-19-34-69(63-31-23-44(20-28-48)35-41(51)38-66(54,55)56,64-32-24-45(21-29-49)36-42(52)39-67(57,58)59)65-33-25-46(22-30-50)37-43(53)40-68(60,61)62/h41-43,48-53H,4-40H2,1-3H3,(H2-,54,55,56,57,58,59,60,61,62). The number of quaternary nitrogens is 1. The zero-order chi connectivity index (χ0) is 52.2. The fourth-order valence-electron chi connectivity index (χ4n) is 8.16. The molecule has 0 aliphatic rings. The molecule has 0 rings (SSSR count). The van der Waals surface area contributed by atoms with Crippen LogP contribution in [0, 0.1) is 0 Å². The molecular formula is C43H94N4O18S3Si. The maximum Gasteiger partial charge on any atom is 0.501 e. The van der Waals surface area contributed by atoms with Crippen molar-refractivity contribution in [2.24, 2.45) is 0 Å². The molecule has 0 radical (unpaired) electrons. The van der Waals surface area contributed by atoms with Crippen LogP contribution in [0.25, 0.3) is 0 Å². The van der Waals surface area contributed by atoms with Gasteiger partial charge in [0, 0.05) is 71.4 Å². The van der Waals surface area contributed by atoms with E-state index in [-0.39, 0.29) is 105 Å². The van der Waals surface area contributed by atoms with Crippen molar-refractivity contribution in [3.8, 4) is 0 Å². The Hall–Kier alpha value is -0.573. The van der Waals surface area contributed by atoms with Gasteiger partial charge in [-0.15, -0.1) is 0 Å². The number of aliphatic hydroxyl groups is 6. The van der Waals surface area contributed by atoms with Crippen molar-refractivity contribution in [1.82, 2.24) is 14.7 Å². The van der Waals surface area contributed by atoms with Gasteiger partial charge in [0.25, 0.3) is 20.2 Å². The molecule has 0 saturated carbocycles. The van der Waals surface area contributed by atoms with E-state index in [2.05, 4.69) is 21.0 Å². The molecule has 69 heavy (non-hydrogen) atoms. The van der Waals surface area contributed by atoms with Gasteiger partial charge in [-0.3, -0.25) is 23.8 Å². The average Bonchev–Trinajstić information content (AvgIpc) is 3.20. The number of unbranched alkanes of at least 4 members (excludes halogenated alkanes) is 14. The van der Waals surface area contributed by atoms with Crippen molar-refractivity contribution < 1.29 is 87.3 Å². The molecule has 0 saturated heterocycles. The summed E-state index contributed by atoms with van der Waals surface area (Å²) >= 11 is 0.